The van der Waals surface area contributed by atoms with E-state index in [1.165, 1.54) is 0 Å². The van der Waals surface area contributed by atoms with Crippen molar-refractivity contribution in [3.05, 3.63) is 28.8 Å². The number of benzene rings is 1. The molecular formula is C17H21ClN2O3. The van der Waals surface area contributed by atoms with Gasteiger partial charge in [-0.05, 0) is 37.5 Å². The van der Waals surface area contributed by atoms with Gasteiger partial charge in [0.15, 0.2) is 0 Å². The zero-order valence-electron chi connectivity index (χ0n) is 13.2. The van der Waals surface area contributed by atoms with E-state index in [-0.39, 0.29) is 30.3 Å². The molecule has 5 nitrogen and oxygen atoms in total. The Bertz CT molecular complexity index is 614. The molecule has 2 amide bonds. The number of amides is 2. The number of anilines is 1. The molecule has 1 aromatic carbocycles. The first-order valence-corrected chi connectivity index (χ1v) is 8.38. The maximum Gasteiger partial charge on any atom is 0.227 e. The molecule has 0 spiro atoms. The van der Waals surface area contributed by atoms with Gasteiger partial charge in [-0.25, -0.2) is 0 Å². The van der Waals surface area contributed by atoms with E-state index in [0.29, 0.717) is 18.1 Å². The third-order valence-corrected chi connectivity index (χ3v) is 4.90. The molecule has 1 N–H and O–H groups in total. The number of rotatable bonds is 4. The first kappa shape index (κ1) is 16.3. The molecule has 0 bridgehead atoms. The van der Waals surface area contributed by atoms with Crippen LogP contribution in [0, 0.1) is 12.8 Å². The lowest BCUT2D eigenvalue weighted by atomic mass is 10.1. The number of hydrogen-bond acceptors (Lipinski definition) is 3. The molecule has 2 heterocycles. The molecule has 0 aromatic heterocycles. The standard InChI is InChI=1S/C17H21ClN2O3/c1-11-4-5-13(8-15(11)18)20-10-12(7-16(20)21)17(22)19-9-14-3-2-6-23-14/h4-5,8,12,14H,2-3,6-7,9-10H2,1H3,(H,19,22)/t12-,14+/m0/s1. The summed E-state index contributed by atoms with van der Waals surface area (Å²) >= 11 is 6.13. The Morgan fingerprint density at radius 1 is 1.48 bits per heavy atom. The van der Waals surface area contributed by atoms with Gasteiger partial charge in [0.25, 0.3) is 0 Å². The van der Waals surface area contributed by atoms with Crippen molar-refractivity contribution in [3.8, 4) is 0 Å². The van der Waals surface area contributed by atoms with Crippen LogP contribution in [-0.2, 0) is 14.3 Å². The van der Waals surface area contributed by atoms with Crippen molar-refractivity contribution in [3.63, 3.8) is 0 Å². The highest BCUT2D eigenvalue weighted by Gasteiger charge is 2.35. The maximum atomic E-state index is 12.3. The minimum atomic E-state index is -0.316. The highest BCUT2D eigenvalue weighted by atomic mass is 35.5. The smallest absolute Gasteiger partial charge is 0.227 e. The maximum absolute atomic E-state index is 12.3. The van der Waals surface area contributed by atoms with Gasteiger partial charge in [-0.15, -0.1) is 0 Å². The first-order chi connectivity index (χ1) is 11.0. The third kappa shape index (κ3) is 3.67. The average Bonchev–Trinajstić information content (AvgIpc) is 3.17. The second kappa shape index (κ2) is 6.89. The normalized spacial score (nSPS) is 24.3. The third-order valence-electron chi connectivity index (χ3n) is 4.49. The fourth-order valence-corrected chi connectivity index (χ4v) is 3.22. The monoisotopic (exact) mass is 336 g/mol. The van der Waals surface area contributed by atoms with Crippen LogP contribution in [0.3, 0.4) is 0 Å². The molecule has 2 fully saturated rings. The molecule has 2 saturated heterocycles. The van der Waals surface area contributed by atoms with Gasteiger partial charge >= 0.3 is 0 Å². The minimum absolute atomic E-state index is 0.0396. The Kier molecular flexibility index (Phi) is 4.87. The van der Waals surface area contributed by atoms with E-state index in [4.69, 9.17) is 16.3 Å². The van der Waals surface area contributed by atoms with Crippen LogP contribution in [0.25, 0.3) is 0 Å². The highest BCUT2D eigenvalue weighted by molar-refractivity contribution is 6.31. The van der Waals surface area contributed by atoms with Crippen LogP contribution in [-0.4, -0.2) is 37.6 Å². The second-order valence-corrected chi connectivity index (χ2v) is 6.63. The van der Waals surface area contributed by atoms with E-state index >= 15 is 0 Å². The van der Waals surface area contributed by atoms with E-state index in [2.05, 4.69) is 5.32 Å². The predicted molar refractivity (Wildman–Crippen MR) is 88.6 cm³/mol. The summed E-state index contributed by atoms with van der Waals surface area (Å²) in [5, 5.41) is 3.54. The highest BCUT2D eigenvalue weighted by Crippen LogP contribution is 2.28. The number of aryl methyl sites for hydroxylation is 1. The number of nitrogens with zero attached hydrogens (tertiary/aromatic N) is 1. The van der Waals surface area contributed by atoms with Gasteiger partial charge < -0.3 is 15.0 Å². The SMILES string of the molecule is Cc1ccc(N2C[C@@H](C(=O)NC[C@H]3CCCO3)CC2=O)cc1Cl. The van der Waals surface area contributed by atoms with Gasteiger partial charge in [0.05, 0.1) is 12.0 Å². The van der Waals surface area contributed by atoms with Gasteiger partial charge in [-0.3, -0.25) is 9.59 Å². The fourth-order valence-electron chi connectivity index (χ4n) is 3.05. The van der Waals surface area contributed by atoms with Crippen LogP contribution in [0.5, 0.6) is 0 Å². The van der Waals surface area contributed by atoms with E-state index in [0.717, 1.165) is 30.7 Å². The molecule has 2 aliphatic heterocycles. The summed E-state index contributed by atoms with van der Waals surface area (Å²) in [5.41, 5.74) is 1.72. The number of halogens is 1. The molecule has 0 aliphatic carbocycles. The van der Waals surface area contributed by atoms with Crippen LogP contribution >= 0.6 is 11.6 Å². The topological polar surface area (TPSA) is 58.6 Å². The summed E-state index contributed by atoms with van der Waals surface area (Å²) in [6.07, 6.45) is 2.38. The van der Waals surface area contributed by atoms with Crippen molar-refractivity contribution in [1.82, 2.24) is 5.32 Å². The summed E-state index contributed by atoms with van der Waals surface area (Å²) in [6, 6.07) is 5.53. The fraction of sp³-hybridized carbons (Fsp3) is 0.529. The van der Waals surface area contributed by atoms with Gasteiger partial charge in [0.1, 0.15) is 0 Å². The Balaban J connectivity index is 1.59. The van der Waals surface area contributed by atoms with Gasteiger partial charge in [0.2, 0.25) is 11.8 Å². The molecule has 2 aliphatic rings. The zero-order chi connectivity index (χ0) is 16.4. The Morgan fingerprint density at radius 3 is 3.00 bits per heavy atom. The summed E-state index contributed by atoms with van der Waals surface area (Å²) < 4.78 is 5.50. The van der Waals surface area contributed by atoms with Crippen molar-refractivity contribution in [2.45, 2.75) is 32.3 Å². The van der Waals surface area contributed by atoms with Crippen molar-refractivity contribution in [2.75, 3.05) is 24.6 Å². The van der Waals surface area contributed by atoms with E-state index in [9.17, 15) is 9.59 Å². The largest absolute Gasteiger partial charge is 0.376 e. The number of carbonyl (C=O) groups excluding carboxylic acids is 2. The van der Waals surface area contributed by atoms with Crippen molar-refractivity contribution < 1.29 is 14.3 Å². The molecule has 23 heavy (non-hydrogen) atoms. The lowest BCUT2D eigenvalue weighted by Crippen LogP contribution is -2.37. The Hall–Kier alpha value is -1.59. The van der Waals surface area contributed by atoms with Gasteiger partial charge in [-0.2, -0.15) is 0 Å². The average molecular weight is 337 g/mol. The molecule has 0 radical (unpaired) electrons. The van der Waals surface area contributed by atoms with E-state index in [1.807, 2.05) is 19.1 Å². The number of hydrogen-bond donors (Lipinski definition) is 1. The molecule has 124 valence electrons. The molecule has 1 aromatic rings. The molecule has 3 rings (SSSR count). The van der Waals surface area contributed by atoms with Crippen molar-refractivity contribution >= 4 is 29.1 Å². The van der Waals surface area contributed by atoms with Crippen LogP contribution in [0.1, 0.15) is 24.8 Å². The van der Waals surface area contributed by atoms with Crippen LogP contribution in [0.4, 0.5) is 5.69 Å². The number of nitrogens with one attached hydrogen (secondary N) is 1. The van der Waals surface area contributed by atoms with Gasteiger partial charge in [0, 0.05) is 36.8 Å². The van der Waals surface area contributed by atoms with Crippen LogP contribution in [0.2, 0.25) is 5.02 Å². The molecular weight excluding hydrogens is 316 g/mol. The van der Waals surface area contributed by atoms with Crippen LogP contribution in [0.15, 0.2) is 18.2 Å². The summed E-state index contributed by atoms with van der Waals surface area (Å²) in [7, 11) is 0. The molecule has 6 heteroatoms. The summed E-state index contributed by atoms with van der Waals surface area (Å²) in [6.45, 7) is 3.61. The second-order valence-electron chi connectivity index (χ2n) is 6.22. The van der Waals surface area contributed by atoms with Gasteiger partial charge in [-0.1, -0.05) is 17.7 Å². The Labute approximate surface area is 140 Å². The van der Waals surface area contributed by atoms with Crippen LogP contribution < -0.4 is 10.2 Å². The lowest BCUT2D eigenvalue weighted by Gasteiger charge is -2.18. The molecule has 2 atom stereocenters. The quantitative estimate of drug-likeness (QED) is 0.917. The molecule has 0 unspecified atom stereocenters. The van der Waals surface area contributed by atoms with E-state index in [1.54, 1.807) is 11.0 Å². The lowest BCUT2D eigenvalue weighted by molar-refractivity contribution is -0.126. The molecule has 0 saturated carbocycles. The number of carbonyl (C=O) groups is 2. The van der Waals surface area contributed by atoms with Crippen molar-refractivity contribution in [1.29, 1.82) is 0 Å². The zero-order valence-corrected chi connectivity index (χ0v) is 13.9. The van der Waals surface area contributed by atoms with Crippen molar-refractivity contribution in [2.24, 2.45) is 5.92 Å². The minimum Gasteiger partial charge on any atom is -0.376 e. The predicted octanol–water partition coefficient (Wildman–Crippen LogP) is 2.30. The Morgan fingerprint density at radius 2 is 2.30 bits per heavy atom. The van der Waals surface area contributed by atoms with E-state index < -0.39 is 0 Å². The number of ether oxygens (including phenoxy) is 1. The first-order valence-electron chi connectivity index (χ1n) is 8.00. The summed E-state index contributed by atoms with van der Waals surface area (Å²) in [4.78, 5) is 26.1. The summed E-state index contributed by atoms with van der Waals surface area (Å²) in [5.74, 6) is -0.430.